The number of carbonyl (C=O) groups is 1. The SMILES string of the molecule is Cc1cc(NC(=O)c2c(F)c(S(=O)(=O)Cl)cn2C)ccc1F. The summed E-state index contributed by atoms with van der Waals surface area (Å²) in [5.74, 6) is -2.56. The molecule has 2 rings (SSSR count). The molecule has 1 aromatic carbocycles. The molecule has 5 nitrogen and oxygen atoms in total. The van der Waals surface area contributed by atoms with Crippen molar-refractivity contribution >= 4 is 31.3 Å². The Morgan fingerprint density at radius 1 is 1.32 bits per heavy atom. The lowest BCUT2D eigenvalue weighted by Gasteiger charge is -2.07. The standard InChI is InChI=1S/C13H11ClF2N2O3S/c1-7-5-8(3-4-9(7)15)17-13(19)12-11(16)10(6-18(12)2)22(14,20)21/h3-6H,1-2H3,(H,17,19). The van der Waals surface area contributed by atoms with Crippen molar-refractivity contribution in [2.45, 2.75) is 11.8 Å². The lowest BCUT2D eigenvalue weighted by atomic mass is 10.2. The van der Waals surface area contributed by atoms with E-state index in [0.29, 0.717) is 5.56 Å². The molecule has 0 bridgehead atoms. The van der Waals surface area contributed by atoms with E-state index < -0.39 is 37.2 Å². The summed E-state index contributed by atoms with van der Waals surface area (Å²) in [5.41, 5.74) is 0.0511. The largest absolute Gasteiger partial charge is 0.343 e. The van der Waals surface area contributed by atoms with Gasteiger partial charge in [-0.05, 0) is 30.7 Å². The monoisotopic (exact) mass is 348 g/mol. The quantitative estimate of drug-likeness (QED) is 0.867. The third-order valence-corrected chi connectivity index (χ3v) is 4.29. The summed E-state index contributed by atoms with van der Waals surface area (Å²) < 4.78 is 50.7. The number of carbonyl (C=O) groups excluding carboxylic acids is 1. The Kier molecular flexibility index (Phi) is 4.25. The van der Waals surface area contributed by atoms with Crippen molar-refractivity contribution < 1.29 is 22.0 Å². The zero-order valence-electron chi connectivity index (χ0n) is 11.5. The van der Waals surface area contributed by atoms with Crippen molar-refractivity contribution in [1.82, 2.24) is 4.57 Å². The first-order chi connectivity index (χ1) is 10.1. The number of hydrogen-bond donors (Lipinski definition) is 1. The van der Waals surface area contributed by atoms with Crippen molar-refractivity contribution in [3.05, 3.63) is 47.3 Å². The second kappa shape index (κ2) is 5.69. The molecule has 1 N–H and O–H groups in total. The lowest BCUT2D eigenvalue weighted by Crippen LogP contribution is -2.17. The zero-order chi connectivity index (χ0) is 16.7. The van der Waals surface area contributed by atoms with Crippen molar-refractivity contribution in [2.24, 2.45) is 7.05 Å². The van der Waals surface area contributed by atoms with Gasteiger partial charge in [0.2, 0.25) is 0 Å². The highest BCUT2D eigenvalue weighted by molar-refractivity contribution is 8.13. The molecule has 0 spiro atoms. The number of aryl methyl sites for hydroxylation is 2. The normalized spacial score (nSPS) is 11.5. The van der Waals surface area contributed by atoms with Crippen molar-refractivity contribution in [2.75, 3.05) is 5.32 Å². The number of nitrogens with zero attached hydrogens (tertiary/aromatic N) is 1. The van der Waals surface area contributed by atoms with Crippen LogP contribution >= 0.6 is 10.7 Å². The molecule has 0 fully saturated rings. The number of rotatable bonds is 3. The Balaban J connectivity index is 2.38. The number of amides is 1. The molecular formula is C13H11ClF2N2O3S. The number of anilines is 1. The fourth-order valence-electron chi connectivity index (χ4n) is 1.91. The summed E-state index contributed by atoms with van der Waals surface area (Å²) in [7, 11) is 2.10. The third kappa shape index (κ3) is 3.12. The van der Waals surface area contributed by atoms with E-state index in [1.807, 2.05) is 0 Å². The number of hydrogen-bond acceptors (Lipinski definition) is 3. The molecule has 1 heterocycles. The second-order valence-electron chi connectivity index (χ2n) is 4.62. The first-order valence-corrected chi connectivity index (χ1v) is 8.29. The van der Waals surface area contributed by atoms with Crippen LogP contribution in [0.2, 0.25) is 0 Å². The molecule has 22 heavy (non-hydrogen) atoms. The maximum Gasteiger partial charge on any atom is 0.275 e. The predicted molar refractivity (Wildman–Crippen MR) is 77.5 cm³/mol. The van der Waals surface area contributed by atoms with Crippen LogP contribution in [0.1, 0.15) is 16.1 Å². The van der Waals surface area contributed by atoms with Crippen molar-refractivity contribution in [1.29, 1.82) is 0 Å². The van der Waals surface area contributed by atoms with Crippen LogP contribution < -0.4 is 5.32 Å². The molecular weight excluding hydrogens is 338 g/mol. The van der Waals surface area contributed by atoms with Gasteiger partial charge in [-0.25, -0.2) is 17.2 Å². The summed E-state index contributed by atoms with van der Waals surface area (Å²) >= 11 is 0. The van der Waals surface area contributed by atoms with Gasteiger partial charge in [-0.15, -0.1) is 0 Å². The van der Waals surface area contributed by atoms with Crippen LogP contribution in [-0.4, -0.2) is 18.9 Å². The molecule has 1 amide bonds. The highest BCUT2D eigenvalue weighted by Gasteiger charge is 2.27. The van der Waals surface area contributed by atoms with Crippen LogP contribution in [0.5, 0.6) is 0 Å². The average molecular weight is 349 g/mol. The van der Waals surface area contributed by atoms with Crippen LogP contribution in [0.25, 0.3) is 0 Å². The van der Waals surface area contributed by atoms with Gasteiger partial charge >= 0.3 is 0 Å². The molecule has 118 valence electrons. The van der Waals surface area contributed by atoms with E-state index in [0.717, 1.165) is 16.8 Å². The van der Waals surface area contributed by atoms with E-state index in [1.165, 1.54) is 26.1 Å². The lowest BCUT2D eigenvalue weighted by molar-refractivity contribution is 0.101. The van der Waals surface area contributed by atoms with Gasteiger partial charge < -0.3 is 9.88 Å². The maximum absolute atomic E-state index is 14.1. The van der Waals surface area contributed by atoms with Gasteiger partial charge in [0.15, 0.2) is 5.82 Å². The molecule has 0 unspecified atom stereocenters. The van der Waals surface area contributed by atoms with Crippen molar-refractivity contribution in [3.8, 4) is 0 Å². The Hall–Kier alpha value is -1.93. The second-order valence-corrected chi connectivity index (χ2v) is 7.16. The highest BCUT2D eigenvalue weighted by Crippen LogP contribution is 2.24. The Labute approximate surface area is 129 Å². The summed E-state index contributed by atoms with van der Waals surface area (Å²) in [6, 6.07) is 3.83. The summed E-state index contributed by atoms with van der Waals surface area (Å²) in [6.45, 7) is 1.51. The van der Waals surface area contributed by atoms with Crippen LogP contribution in [-0.2, 0) is 16.1 Å². The van der Waals surface area contributed by atoms with Gasteiger partial charge in [-0.1, -0.05) is 0 Å². The summed E-state index contributed by atoms with van der Waals surface area (Å²) in [5, 5.41) is 2.37. The number of halogens is 3. The molecule has 0 aliphatic carbocycles. The maximum atomic E-state index is 14.1. The van der Waals surface area contributed by atoms with Crippen LogP contribution in [0.15, 0.2) is 29.3 Å². The predicted octanol–water partition coefficient (Wildman–Crippen LogP) is 2.79. The Morgan fingerprint density at radius 2 is 1.95 bits per heavy atom. The van der Waals surface area contributed by atoms with Gasteiger partial charge in [0.05, 0.1) is 0 Å². The average Bonchev–Trinajstić information content (AvgIpc) is 2.69. The van der Waals surface area contributed by atoms with Gasteiger partial charge in [0, 0.05) is 29.6 Å². The molecule has 0 radical (unpaired) electrons. The van der Waals surface area contributed by atoms with E-state index in [-0.39, 0.29) is 5.69 Å². The van der Waals surface area contributed by atoms with Crippen LogP contribution in [0.3, 0.4) is 0 Å². The van der Waals surface area contributed by atoms with E-state index in [1.54, 1.807) is 0 Å². The number of benzene rings is 1. The van der Waals surface area contributed by atoms with Gasteiger partial charge in [0.1, 0.15) is 16.4 Å². The molecule has 0 saturated carbocycles. The minimum absolute atomic E-state index is 0.250. The molecule has 0 aliphatic heterocycles. The third-order valence-electron chi connectivity index (χ3n) is 2.98. The van der Waals surface area contributed by atoms with Crippen LogP contribution in [0.4, 0.5) is 14.5 Å². The summed E-state index contributed by atoms with van der Waals surface area (Å²) in [4.78, 5) is 11.3. The first kappa shape index (κ1) is 16.4. The topological polar surface area (TPSA) is 68.2 Å². The van der Waals surface area contributed by atoms with Crippen LogP contribution in [0, 0.1) is 18.6 Å². The molecule has 0 aliphatic rings. The molecule has 2 aromatic rings. The highest BCUT2D eigenvalue weighted by atomic mass is 35.7. The smallest absolute Gasteiger partial charge is 0.275 e. The minimum atomic E-state index is -4.31. The fourth-order valence-corrected chi connectivity index (χ4v) is 2.83. The Bertz CT molecular complexity index is 862. The van der Waals surface area contributed by atoms with E-state index in [9.17, 15) is 22.0 Å². The summed E-state index contributed by atoms with van der Waals surface area (Å²) in [6.07, 6.45) is 0.905. The fraction of sp³-hybridized carbons (Fsp3) is 0.154. The molecule has 9 heteroatoms. The van der Waals surface area contributed by atoms with Gasteiger partial charge in [-0.2, -0.15) is 0 Å². The Morgan fingerprint density at radius 3 is 2.45 bits per heavy atom. The van der Waals surface area contributed by atoms with E-state index in [2.05, 4.69) is 5.32 Å². The first-order valence-electron chi connectivity index (χ1n) is 5.98. The van der Waals surface area contributed by atoms with E-state index in [4.69, 9.17) is 10.7 Å². The van der Waals surface area contributed by atoms with Gasteiger partial charge in [-0.3, -0.25) is 4.79 Å². The van der Waals surface area contributed by atoms with E-state index >= 15 is 0 Å². The molecule has 1 aromatic heterocycles. The number of aromatic nitrogens is 1. The minimum Gasteiger partial charge on any atom is -0.343 e. The molecule has 0 atom stereocenters. The van der Waals surface area contributed by atoms with Crippen molar-refractivity contribution in [3.63, 3.8) is 0 Å². The molecule has 0 saturated heterocycles. The zero-order valence-corrected chi connectivity index (χ0v) is 13.1. The number of nitrogens with one attached hydrogen (secondary N) is 1. The van der Waals surface area contributed by atoms with Gasteiger partial charge in [0.25, 0.3) is 15.0 Å².